The number of amides is 1. The van der Waals surface area contributed by atoms with Crippen molar-refractivity contribution in [1.82, 2.24) is 9.88 Å². The molecule has 4 heteroatoms. The molecule has 0 spiro atoms. The van der Waals surface area contributed by atoms with Gasteiger partial charge in [0.05, 0.1) is 0 Å². The van der Waals surface area contributed by atoms with E-state index >= 15 is 0 Å². The van der Waals surface area contributed by atoms with Crippen LogP contribution >= 0.6 is 15.9 Å². The molecule has 0 radical (unpaired) electrons. The first kappa shape index (κ1) is 14.7. The van der Waals surface area contributed by atoms with E-state index in [1.54, 1.807) is 12.4 Å². The number of rotatable bonds is 5. The van der Waals surface area contributed by atoms with E-state index in [9.17, 15) is 4.79 Å². The third-order valence-corrected chi connectivity index (χ3v) is 3.65. The first-order chi connectivity index (χ1) is 9.70. The molecule has 0 N–H and O–H groups in total. The zero-order valence-corrected chi connectivity index (χ0v) is 13.0. The summed E-state index contributed by atoms with van der Waals surface area (Å²) in [6, 6.07) is 11.5. The molecule has 1 amide bonds. The van der Waals surface area contributed by atoms with Crippen molar-refractivity contribution in [3.63, 3.8) is 0 Å². The molecule has 0 bridgehead atoms. The Hall–Kier alpha value is -1.68. The van der Waals surface area contributed by atoms with Crippen LogP contribution in [0.4, 0.5) is 0 Å². The van der Waals surface area contributed by atoms with Crippen molar-refractivity contribution >= 4 is 21.8 Å². The van der Waals surface area contributed by atoms with Gasteiger partial charge in [0.2, 0.25) is 0 Å². The van der Waals surface area contributed by atoms with Gasteiger partial charge in [-0.25, -0.2) is 0 Å². The van der Waals surface area contributed by atoms with Crippen LogP contribution in [0.3, 0.4) is 0 Å². The van der Waals surface area contributed by atoms with E-state index in [4.69, 9.17) is 0 Å². The number of hydrogen-bond donors (Lipinski definition) is 0. The smallest absolute Gasteiger partial charge is 0.253 e. The van der Waals surface area contributed by atoms with Crippen molar-refractivity contribution < 1.29 is 4.79 Å². The predicted molar refractivity (Wildman–Crippen MR) is 83.7 cm³/mol. The summed E-state index contributed by atoms with van der Waals surface area (Å²) in [5.41, 5.74) is 1.91. The summed E-state index contributed by atoms with van der Waals surface area (Å²) in [7, 11) is 0. The molecule has 0 saturated carbocycles. The normalized spacial score (nSPS) is 10.3. The van der Waals surface area contributed by atoms with E-state index in [0.717, 1.165) is 16.5 Å². The van der Waals surface area contributed by atoms with Crippen LogP contribution in [0, 0.1) is 0 Å². The van der Waals surface area contributed by atoms with Gasteiger partial charge in [0.25, 0.3) is 5.91 Å². The maximum atomic E-state index is 12.4. The number of pyridine rings is 1. The van der Waals surface area contributed by atoms with E-state index < -0.39 is 0 Å². The zero-order valence-electron chi connectivity index (χ0n) is 11.4. The van der Waals surface area contributed by atoms with Crippen molar-refractivity contribution in [2.45, 2.75) is 13.3 Å². The third kappa shape index (κ3) is 3.90. The van der Waals surface area contributed by atoms with Crippen LogP contribution in [0.1, 0.15) is 22.8 Å². The maximum absolute atomic E-state index is 12.4. The van der Waals surface area contributed by atoms with E-state index in [2.05, 4.69) is 20.9 Å². The second-order valence-corrected chi connectivity index (χ2v) is 5.42. The van der Waals surface area contributed by atoms with Gasteiger partial charge in [0, 0.05) is 35.5 Å². The lowest BCUT2D eigenvalue weighted by Crippen LogP contribution is -2.32. The fourth-order valence-electron chi connectivity index (χ4n) is 2.02. The number of halogens is 1. The summed E-state index contributed by atoms with van der Waals surface area (Å²) in [6.07, 6.45) is 4.40. The Morgan fingerprint density at radius 2 is 2.00 bits per heavy atom. The Labute approximate surface area is 127 Å². The summed E-state index contributed by atoms with van der Waals surface area (Å²) in [6.45, 7) is 3.42. The first-order valence-corrected chi connectivity index (χ1v) is 7.43. The van der Waals surface area contributed by atoms with Gasteiger partial charge in [-0.15, -0.1) is 0 Å². The molecular formula is C16H17BrN2O. The molecule has 2 rings (SSSR count). The third-order valence-electron chi connectivity index (χ3n) is 3.16. The van der Waals surface area contributed by atoms with Crippen LogP contribution < -0.4 is 0 Å². The molecule has 0 aliphatic rings. The average Bonchev–Trinajstić information content (AvgIpc) is 2.48. The van der Waals surface area contributed by atoms with Crippen LogP contribution in [-0.4, -0.2) is 28.9 Å². The lowest BCUT2D eigenvalue weighted by molar-refractivity contribution is 0.0766. The number of aromatic nitrogens is 1. The molecule has 104 valence electrons. The number of carbonyl (C=O) groups excluding carboxylic acids is 1. The van der Waals surface area contributed by atoms with E-state index in [-0.39, 0.29) is 5.91 Å². The SMILES string of the molecule is CCN(CCc1ccncc1)C(=O)c1cccc(Br)c1. The average molecular weight is 333 g/mol. The molecular weight excluding hydrogens is 316 g/mol. The highest BCUT2D eigenvalue weighted by molar-refractivity contribution is 9.10. The standard InChI is InChI=1S/C16H17BrN2O/c1-2-19(11-8-13-6-9-18-10-7-13)16(20)14-4-3-5-15(17)12-14/h3-7,9-10,12H,2,8,11H2,1H3. The van der Waals surface area contributed by atoms with Crippen LogP contribution in [0.25, 0.3) is 0 Å². The summed E-state index contributed by atoms with van der Waals surface area (Å²) >= 11 is 3.40. The molecule has 20 heavy (non-hydrogen) atoms. The lowest BCUT2D eigenvalue weighted by atomic mass is 10.1. The molecule has 3 nitrogen and oxygen atoms in total. The lowest BCUT2D eigenvalue weighted by Gasteiger charge is -2.21. The van der Waals surface area contributed by atoms with Gasteiger partial charge in [-0.1, -0.05) is 22.0 Å². The van der Waals surface area contributed by atoms with Gasteiger partial charge in [-0.2, -0.15) is 0 Å². The summed E-state index contributed by atoms with van der Waals surface area (Å²) < 4.78 is 0.925. The molecule has 2 aromatic rings. The molecule has 0 fully saturated rings. The van der Waals surface area contributed by atoms with Gasteiger partial charge in [0.15, 0.2) is 0 Å². The minimum Gasteiger partial charge on any atom is -0.339 e. The van der Waals surface area contributed by atoms with Crippen LogP contribution in [0.5, 0.6) is 0 Å². The number of likely N-dealkylation sites (N-methyl/N-ethyl adjacent to an activating group) is 1. The number of nitrogens with zero attached hydrogens (tertiary/aromatic N) is 2. The molecule has 0 aliphatic carbocycles. The fraction of sp³-hybridized carbons (Fsp3) is 0.250. The Morgan fingerprint density at radius 3 is 2.65 bits per heavy atom. The second kappa shape index (κ2) is 7.20. The van der Waals surface area contributed by atoms with Crippen molar-refractivity contribution in [2.75, 3.05) is 13.1 Å². The Morgan fingerprint density at radius 1 is 1.25 bits per heavy atom. The quantitative estimate of drug-likeness (QED) is 0.838. The Balaban J connectivity index is 2.03. The van der Waals surface area contributed by atoms with Gasteiger partial charge >= 0.3 is 0 Å². The predicted octanol–water partition coefficient (Wildman–Crippen LogP) is 3.55. The van der Waals surface area contributed by atoms with Crippen LogP contribution in [0.15, 0.2) is 53.3 Å². The minimum atomic E-state index is 0.0721. The molecule has 1 aromatic carbocycles. The first-order valence-electron chi connectivity index (χ1n) is 6.64. The van der Waals surface area contributed by atoms with Crippen LogP contribution in [0.2, 0.25) is 0 Å². The Bertz CT molecular complexity index is 572. The highest BCUT2D eigenvalue weighted by Gasteiger charge is 2.14. The molecule has 0 aliphatic heterocycles. The summed E-state index contributed by atoms with van der Waals surface area (Å²) in [5.74, 6) is 0.0721. The summed E-state index contributed by atoms with van der Waals surface area (Å²) in [5, 5.41) is 0. The zero-order chi connectivity index (χ0) is 14.4. The summed E-state index contributed by atoms with van der Waals surface area (Å²) in [4.78, 5) is 18.3. The monoisotopic (exact) mass is 332 g/mol. The van der Waals surface area contributed by atoms with E-state index in [0.29, 0.717) is 13.1 Å². The van der Waals surface area contributed by atoms with Gasteiger partial charge in [-0.3, -0.25) is 9.78 Å². The molecule has 0 saturated heterocycles. The highest BCUT2D eigenvalue weighted by Crippen LogP contribution is 2.14. The molecule has 1 heterocycles. The van der Waals surface area contributed by atoms with Gasteiger partial charge in [0.1, 0.15) is 0 Å². The number of carbonyl (C=O) groups is 1. The minimum absolute atomic E-state index is 0.0721. The molecule has 1 aromatic heterocycles. The van der Waals surface area contributed by atoms with E-state index in [1.165, 1.54) is 5.56 Å². The van der Waals surface area contributed by atoms with Gasteiger partial charge in [-0.05, 0) is 49.2 Å². The fourth-order valence-corrected chi connectivity index (χ4v) is 2.42. The van der Waals surface area contributed by atoms with Crippen molar-refractivity contribution in [3.8, 4) is 0 Å². The number of benzene rings is 1. The second-order valence-electron chi connectivity index (χ2n) is 4.50. The molecule has 0 unspecified atom stereocenters. The number of hydrogen-bond acceptors (Lipinski definition) is 2. The largest absolute Gasteiger partial charge is 0.339 e. The van der Waals surface area contributed by atoms with Gasteiger partial charge < -0.3 is 4.90 Å². The van der Waals surface area contributed by atoms with Crippen LogP contribution in [-0.2, 0) is 6.42 Å². The van der Waals surface area contributed by atoms with Crippen molar-refractivity contribution in [2.24, 2.45) is 0 Å². The Kier molecular flexibility index (Phi) is 5.30. The van der Waals surface area contributed by atoms with Crippen molar-refractivity contribution in [1.29, 1.82) is 0 Å². The van der Waals surface area contributed by atoms with E-state index in [1.807, 2.05) is 48.2 Å². The van der Waals surface area contributed by atoms with Crippen molar-refractivity contribution in [3.05, 3.63) is 64.4 Å². The topological polar surface area (TPSA) is 33.2 Å². The maximum Gasteiger partial charge on any atom is 0.253 e. The highest BCUT2D eigenvalue weighted by atomic mass is 79.9. The molecule has 0 atom stereocenters.